The van der Waals surface area contributed by atoms with Gasteiger partial charge in [-0.25, -0.2) is 4.98 Å². The number of alkyl halides is 3. The van der Waals surface area contributed by atoms with Crippen LogP contribution >= 0.6 is 0 Å². The van der Waals surface area contributed by atoms with Gasteiger partial charge in [0.15, 0.2) is 0 Å². The lowest BCUT2D eigenvalue weighted by Gasteiger charge is -2.15. The highest BCUT2D eigenvalue weighted by Crippen LogP contribution is 2.35. The monoisotopic (exact) mass is 416 g/mol. The predicted molar refractivity (Wildman–Crippen MR) is 112 cm³/mol. The Kier molecular flexibility index (Phi) is 6.44. The zero-order valence-corrected chi connectivity index (χ0v) is 16.9. The Morgan fingerprint density at radius 3 is 2.10 bits per heavy atom. The van der Waals surface area contributed by atoms with Crippen LogP contribution in [0.5, 0.6) is 5.75 Å². The standard InChI is InChI=1S/C22H23F3N4O/c1-14(2)12-15-4-6-16(7-5-15)27-20-19(22(23,24)25)13-26-21(29-20)28-17-8-10-18(30-3)11-9-17/h4-11,13-14H,12H2,1-3H3,(H2,26,27,28,29). The number of methoxy groups -OCH3 is 1. The van der Waals surface area contributed by atoms with Crippen LogP contribution in [-0.4, -0.2) is 17.1 Å². The molecule has 0 unspecified atom stereocenters. The van der Waals surface area contributed by atoms with Gasteiger partial charge in [0.2, 0.25) is 5.95 Å². The SMILES string of the molecule is COc1ccc(Nc2ncc(C(F)(F)F)c(Nc3ccc(CC(C)C)cc3)n2)cc1. The molecule has 0 radical (unpaired) electrons. The summed E-state index contributed by atoms with van der Waals surface area (Å²) in [6.07, 6.45) is -2.91. The number of nitrogens with zero attached hydrogens (tertiary/aromatic N) is 2. The highest BCUT2D eigenvalue weighted by Gasteiger charge is 2.35. The summed E-state index contributed by atoms with van der Waals surface area (Å²) in [4.78, 5) is 7.88. The van der Waals surface area contributed by atoms with Crippen LogP contribution in [0.3, 0.4) is 0 Å². The third-order valence-electron chi connectivity index (χ3n) is 4.30. The molecule has 30 heavy (non-hydrogen) atoms. The van der Waals surface area contributed by atoms with Gasteiger partial charge in [-0.15, -0.1) is 0 Å². The van der Waals surface area contributed by atoms with Crippen molar-refractivity contribution in [2.45, 2.75) is 26.4 Å². The molecule has 0 aliphatic rings. The summed E-state index contributed by atoms with van der Waals surface area (Å²) in [6, 6.07) is 14.2. The second-order valence-corrected chi connectivity index (χ2v) is 7.23. The summed E-state index contributed by atoms with van der Waals surface area (Å²) in [5, 5.41) is 5.68. The second kappa shape index (κ2) is 9.02. The molecule has 5 nitrogen and oxygen atoms in total. The summed E-state index contributed by atoms with van der Waals surface area (Å²) < 4.78 is 45.4. The third kappa shape index (κ3) is 5.62. The first kappa shape index (κ1) is 21.4. The van der Waals surface area contributed by atoms with Gasteiger partial charge < -0.3 is 15.4 Å². The van der Waals surface area contributed by atoms with Crippen molar-refractivity contribution in [3.8, 4) is 5.75 Å². The van der Waals surface area contributed by atoms with Crippen molar-refractivity contribution in [1.29, 1.82) is 0 Å². The van der Waals surface area contributed by atoms with E-state index in [0.29, 0.717) is 23.0 Å². The molecular weight excluding hydrogens is 393 g/mol. The van der Waals surface area contributed by atoms with E-state index in [1.54, 1.807) is 43.5 Å². The number of halogens is 3. The number of nitrogens with one attached hydrogen (secondary N) is 2. The number of hydrogen-bond acceptors (Lipinski definition) is 5. The summed E-state index contributed by atoms with van der Waals surface area (Å²) in [5.41, 5.74) is 1.33. The van der Waals surface area contributed by atoms with E-state index in [1.165, 1.54) is 0 Å². The molecule has 0 atom stereocenters. The van der Waals surface area contributed by atoms with Crippen molar-refractivity contribution < 1.29 is 17.9 Å². The van der Waals surface area contributed by atoms with Crippen molar-refractivity contribution >= 4 is 23.1 Å². The molecule has 2 aromatic carbocycles. The Morgan fingerprint density at radius 1 is 0.933 bits per heavy atom. The van der Waals surface area contributed by atoms with Gasteiger partial charge in [0.1, 0.15) is 17.1 Å². The van der Waals surface area contributed by atoms with E-state index in [-0.39, 0.29) is 11.8 Å². The van der Waals surface area contributed by atoms with Crippen molar-refractivity contribution in [3.05, 3.63) is 65.9 Å². The molecule has 0 fully saturated rings. The van der Waals surface area contributed by atoms with E-state index in [9.17, 15) is 13.2 Å². The smallest absolute Gasteiger partial charge is 0.421 e. The Balaban J connectivity index is 1.85. The molecule has 0 aliphatic carbocycles. The van der Waals surface area contributed by atoms with Crippen molar-refractivity contribution in [2.24, 2.45) is 5.92 Å². The number of ether oxygens (including phenoxy) is 1. The van der Waals surface area contributed by atoms with Crippen LogP contribution in [-0.2, 0) is 12.6 Å². The maximum absolute atomic E-state index is 13.4. The van der Waals surface area contributed by atoms with Gasteiger partial charge in [-0.1, -0.05) is 26.0 Å². The maximum atomic E-state index is 13.4. The first-order valence-electron chi connectivity index (χ1n) is 9.46. The maximum Gasteiger partial charge on any atom is 0.421 e. The number of aromatic nitrogens is 2. The Bertz CT molecular complexity index is 971. The van der Waals surface area contributed by atoms with E-state index in [4.69, 9.17) is 4.74 Å². The molecular formula is C22H23F3N4O. The first-order chi connectivity index (χ1) is 14.2. The van der Waals surface area contributed by atoms with E-state index >= 15 is 0 Å². The number of anilines is 4. The second-order valence-electron chi connectivity index (χ2n) is 7.23. The van der Waals surface area contributed by atoms with Gasteiger partial charge in [0.05, 0.1) is 7.11 Å². The normalized spacial score (nSPS) is 11.4. The third-order valence-corrected chi connectivity index (χ3v) is 4.30. The van der Waals surface area contributed by atoms with Gasteiger partial charge in [-0.2, -0.15) is 18.2 Å². The van der Waals surface area contributed by atoms with Gasteiger partial charge in [-0.05, 0) is 54.3 Å². The molecule has 2 N–H and O–H groups in total. The number of benzene rings is 2. The average Bonchev–Trinajstić information content (AvgIpc) is 2.69. The van der Waals surface area contributed by atoms with E-state index in [0.717, 1.165) is 18.2 Å². The zero-order valence-electron chi connectivity index (χ0n) is 16.9. The first-order valence-corrected chi connectivity index (χ1v) is 9.46. The Labute approximate surface area is 173 Å². The molecule has 1 aromatic heterocycles. The van der Waals surface area contributed by atoms with Gasteiger partial charge in [0, 0.05) is 17.6 Å². The lowest BCUT2D eigenvalue weighted by molar-refractivity contribution is -0.137. The van der Waals surface area contributed by atoms with Crippen molar-refractivity contribution in [1.82, 2.24) is 9.97 Å². The molecule has 158 valence electrons. The molecule has 0 aliphatic heterocycles. The van der Waals surface area contributed by atoms with Gasteiger partial charge in [0.25, 0.3) is 0 Å². The lowest BCUT2D eigenvalue weighted by Crippen LogP contribution is -2.12. The fraction of sp³-hybridized carbons (Fsp3) is 0.273. The van der Waals surface area contributed by atoms with Crippen LogP contribution in [0.1, 0.15) is 25.0 Å². The van der Waals surface area contributed by atoms with Gasteiger partial charge in [-0.3, -0.25) is 0 Å². The summed E-state index contributed by atoms with van der Waals surface area (Å²) in [7, 11) is 1.55. The van der Waals surface area contributed by atoms with Crippen LogP contribution in [0.4, 0.5) is 36.3 Å². The molecule has 0 spiro atoms. The lowest BCUT2D eigenvalue weighted by atomic mass is 10.0. The Hall–Kier alpha value is -3.29. The molecule has 0 amide bonds. The number of hydrogen-bond donors (Lipinski definition) is 2. The highest BCUT2D eigenvalue weighted by atomic mass is 19.4. The Morgan fingerprint density at radius 2 is 1.53 bits per heavy atom. The van der Waals surface area contributed by atoms with Crippen LogP contribution in [0.25, 0.3) is 0 Å². The fourth-order valence-corrected chi connectivity index (χ4v) is 2.88. The van der Waals surface area contributed by atoms with Crippen LogP contribution in [0.15, 0.2) is 54.7 Å². The van der Waals surface area contributed by atoms with E-state index < -0.39 is 11.7 Å². The minimum Gasteiger partial charge on any atom is -0.497 e. The molecule has 8 heteroatoms. The van der Waals surface area contributed by atoms with E-state index in [1.807, 2.05) is 12.1 Å². The quantitative estimate of drug-likeness (QED) is 0.481. The molecule has 1 heterocycles. The minimum absolute atomic E-state index is 0.0482. The summed E-state index contributed by atoms with van der Waals surface area (Å²) in [5.74, 6) is 0.892. The topological polar surface area (TPSA) is 59.1 Å². The predicted octanol–water partition coefficient (Wildman–Crippen LogP) is 6.19. The molecule has 0 saturated heterocycles. The van der Waals surface area contributed by atoms with Gasteiger partial charge >= 0.3 is 6.18 Å². The largest absolute Gasteiger partial charge is 0.497 e. The zero-order chi connectivity index (χ0) is 21.7. The van der Waals surface area contributed by atoms with Crippen LogP contribution in [0.2, 0.25) is 0 Å². The number of rotatable bonds is 7. The minimum atomic E-state index is -4.58. The van der Waals surface area contributed by atoms with Crippen molar-refractivity contribution in [2.75, 3.05) is 17.7 Å². The molecule has 0 bridgehead atoms. The van der Waals surface area contributed by atoms with Crippen LogP contribution in [0, 0.1) is 5.92 Å². The molecule has 3 aromatic rings. The molecule has 0 saturated carbocycles. The summed E-state index contributed by atoms with van der Waals surface area (Å²) in [6.45, 7) is 4.22. The summed E-state index contributed by atoms with van der Waals surface area (Å²) >= 11 is 0. The average molecular weight is 416 g/mol. The van der Waals surface area contributed by atoms with Crippen LogP contribution < -0.4 is 15.4 Å². The fourth-order valence-electron chi connectivity index (χ4n) is 2.88. The molecule has 3 rings (SSSR count). The van der Waals surface area contributed by atoms with Crippen molar-refractivity contribution in [3.63, 3.8) is 0 Å². The highest BCUT2D eigenvalue weighted by molar-refractivity contribution is 5.63. The van der Waals surface area contributed by atoms with E-state index in [2.05, 4.69) is 34.4 Å².